The third kappa shape index (κ3) is 3.21. The normalized spacial score (nSPS) is 25.8. The van der Waals surface area contributed by atoms with Gasteiger partial charge in [-0.15, -0.1) is 0 Å². The van der Waals surface area contributed by atoms with Crippen molar-refractivity contribution in [3.05, 3.63) is 65.5 Å². The highest BCUT2D eigenvalue weighted by Gasteiger charge is 2.69. The van der Waals surface area contributed by atoms with Gasteiger partial charge in [-0.1, -0.05) is 29.8 Å². The number of aryl methyl sites for hydroxylation is 1. The van der Waals surface area contributed by atoms with Crippen LogP contribution in [0.4, 0.5) is 4.39 Å². The minimum Gasteiger partial charge on any atom is -0.380 e. The Kier molecular flexibility index (Phi) is 4.70. The van der Waals surface area contributed by atoms with Crippen LogP contribution in [-0.4, -0.2) is 32.4 Å². The van der Waals surface area contributed by atoms with Crippen LogP contribution in [0.3, 0.4) is 0 Å². The van der Waals surface area contributed by atoms with Crippen LogP contribution in [0.2, 0.25) is 0 Å². The van der Waals surface area contributed by atoms with Crippen LogP contribution in [0.1, 0.15) is 24.0 Å². The van der Waals surface area contributed by atoms with Gasteiger partial charge in [0, 0.05) is 12.5 Å². The zero-order valence-electron chi connectivity index (χ0n) is 14.3. The Morgan fingerprint density at radius 2 is 1.88 bits per heavy atom. The van der Waals surface area contributed by atoms with Crippen molar-refractivity contribution in [3.63, 3.8) is 0 Å². The van der Waals surface area contributed by atoms with Gasteiger partial charge < -0.3 is 10.5 Å². The Morgan fingerprint density at radius 3 is 2.48 bits per heavy atom. The van der Waals surface area contributed by atoms with E-state index in [1.54, 1.807) is 36.4 Å². The first-order valence-corrected chi connectivity index (χ1v) is 9.78. The minimum atomic E-state index is -3.66. The molecule has 0 bridgehead atoms. The Hall–Kier alpha value is -1.76. The second-order valence-electron chi connectivity index (χ2n) is 6.56. The van der Waals surface area contributed by atoms with Gasteiger partial charge in [-0.2, -0.15) is 0 Å². The van der Waals surface area contributed by atoms with Crippen molar-refractivity contribution >= 4 is 9.84 Å². The summed E-state index contributed by atoms with van der Waals surface area (Å²) in [5.74, 6) is -0.907. The lowest BCUT2D eigenvalue weighted by Gasteiger charge is -2.12. The molecular formula is C19H22FNO3S. The molecule has 1 fully saturated rings. The molecule has 0 heterocycles. The van der Waals surface area contributed by atoms with Gasteiger partial charge >= 0.3 is 0 Å². The van der Waals surface area contributed by atoms with Crippen LogP contribution in [0.15, 0.2) is 53.4 Å². The Balaban J connectivity index is 2.01. The molecule has 134 valence electrons. The number of benzene rings is 2. The van der Waals surface area contributed by atoms with E-state index in [9.17, 15) is 12.8 Å². The van der Waals surface area contributed by atoms with Gasteiger partial charge in [-0.3, -0.25) is 0 Å². The molecule has 3 atom stereocenters. The van der Waals surface area contributed by atoms with Crippen LogP contribution < -0.4 is 5.73 Å². The molecule has 4 nitrogen and oxygen atoms in total. The summed E-state index contributed by atoms with van der Waals surface area (Å²) < 4.78 is 45.3. The number of sulfone groups is 1. The predicted octanol–water partition coefficient (Wildman–Crippen LogP) is 2.81. The zero-order chi connectivity index (χ0) is 18.2. The number of rotatable bonds is 6. The van der Waals surface area contributed by atoms with Gasteiger partial charge in [0.1, 0.15) is 5.82 Å². The van der Waals surface area contributed by atoms with E-state index in [1.165, 1.54) is 12.1 Å². The molecule has 3 unspecified atom stereocenters. The standard InChI is InChI=1S/C19H22FNO3S/c1-3-24-12-19(21)17(14-5-4-6-15(20)11-14)18(19)25(22,23)16-9-7-13(2)8-10-16/h4-11,17-18H,3,12,21H2,1-2H3. The number of nitrogens with two attached hydrogens (primary N) is 1. The van der Waals surface area contributed by atoms with Gasteiger partial charge in [-0.05, 0) is 43.7 Å². The molecule has 2 aromatic carbocycles. The highest BCUT2D eigenvalue weighted by Crippen LogP contribution is 2.55. The summed E-state index contributed by atoms with van der Waals surface area (Å²) >= 11 is 0. The first kappa shape index (κ1) is 18.0. The molecule has 3 rings (SSSR count). The maximum Gasteiger partial charge on any atom is 0.183 e. The summed E-state index contributed by atoms with van der Waals surface area (Å²) in [6.45, 7) is 4.27. The molecule has 1 aliphatic rings. The lowest BCUT2D eigenvalue weighted by atomic mass is 10.1. The van der Waals surface area contributed by atoms with Crippen molar-refractivity contribution in [1.29, 1.82) is 0 Å². The molecule has 0 radical (unpaired) electrons. The Bertz CT molecular complexity index is 866. The zero-order valence-corrected chi connectivity index (χ0v) is 15.1. The fourth-order valence-corrected chi connectivity index (χ4v) is 5.69. The largest absolute Gasteiger partial charge is 0.380 e. The van der Waals surface area contributed by atoms with Crippen LogP contribution >= 0.6 is 0 Å². The second-order valence-corrected chi connectivity index (χ2v) is 8.63. The van der Waals surface area contributed by atoms with E-state index in [-0.39, 0.29) is 11.5 Å². The van der Waals surface area contributed by atoms with E-state index in [0.717, 1.165) is 5.56 Å². The third-order valence-corrected chi connectivity index (χ3v) is 7.06. The van der Waals surface area contributed by atoms with Gasteiger partial charge in [0.15, 0.2) is 9.84 Å². The SMILES string of the molecule is CCOCC1(N)C(c2cccc(F)c2)C1S(=O)(=O)c1ccc(C)cc1. The quantitative estimate of drug-likeness (QED) is 0.857. The molecule has 0 saturated heterocycles. The smallest absolute Gasteiger partial charge is 0.183 e. The lowest BCUT2D eigenvalue weighted by Crippen LogP contribution is -2.36. The van der Waals surface area contributed by atoms with E-state index in [4.69, 9.17) is 10.5 Å². The average Bonchev–Trinajstić information content (AvgIpc) is 3.20. The molecule has 0 amide bonds. The van der Waals surface area contributed by atoms with E-state index in [2.05, 4.69) is 0 Å². The predicted molar refractivity (Wildman–Crippen MR) is 94.7 cm³/mol. The van der Waals surface area contributed by atoms with Crippen LogP contribution in [0.5, 0.6) is 0 Å². The first-order valence-electron chi connectivity index (χ1n) is 8.23. The molecule has 0 aromatic heterocycles. The minimum absolute atomic E-state index is 0.112. The third-order valence-electron chi connectivity index (χ3n) is 4.75. The summed E-state index contributed by atoms with van der Waals surface area (Å²) in [6.07, 6.45) is 0. The first-order chi connectivity index (χ1) is 11.8. The molecule has 25 heavy (non-hydrogen) atoms. The fraction of sp³-hybridized carbons (Fsp3) is 0.368. The van der Waals surface area contributed by atoms with E-state index in [0.29, 0.717) is 12.2 Å². The number of halogens is 1. The lowest BCUT2D eigenvalue weighted by molar-refractivity contribution is 0.125. The molecule has 2 N–H and O–H groups in total. The van der Waals surface area contributed by atoms with Crippen LogP contribution in [0.25, 0.3) is 0 Å². The van der Waals surface area contributed by atoms with Gasteiger partial charge in [0.2, 0.25) is 0 Å². The van der Waals surface area contributed by atoms with E-state index in [1.807, 2.05) is 13.8 Å². The highest BCUT2D eigenvalue weighted by molar-refractivity contribution is 7.92. The Labute approximate surface area is 147 Å². The second kappa shape index (κ2) is 6.52. The van der Waals surface area contributed by atoms with Crippen LogP contribution in [-0.2, 0) is 14.6 Å². The highest BCUT2D eigenvalue weighted by atomic mass is 32.2. The van der Waals surface area contributed by atoms with Gasteiger partial charge in [-0.25, -0.2) is 12.8 Å². The summed E-state index contributed by atoms with van der Waals surface area (Å²) in [5.41, 5.74) is 6.93. The maximum atomic E-state index is 13.6. The topological polar surface area (TPSA) is 69.4 Å². The van der Waals surface area contributed by atoms with Crippen molar-refractivity contribution in [2.45, 2.75) is 35.4 Å². The summed E-state index contributed by atoms with van der Waals surface area (Å²) in [5, 5.41) is -0.837. The average molecular weight is 363 g/mol. The molecular weight excluding hydrogens is 341 g/mol. The molecule has 6 heteroatoms. The van der Waals surface area contributed by atoms with Crippen molar-refractivity contribution in [2.24, 2.45) is 5.73 Å². The monoisotopic (exact) mass is 363 g/mol. The molecule has 0 spiro atoms. The maximum absolute atomic E-state index is 13.6. The van der Waals surface area contributed by atoms with E-state index < -0.39 is 32.4 Å². The van der Waals surface area contributed by atoms with E-state index >= 15 is 0 Å². The molecule has 1 aliphatic carbocycles. The molecule has 1 saturated carbocycles. The van der Waals surface area contributed by atoms with Gasteiger partial charge in [0.05, 0.1) is 22.3 Å². The molecule has 2 aromatic rings. The fourth-order valence-electron chi connectivity index (χ4n) is 3.40. The molecule has 0 aliphatic heterocycles. The number of hydrogen-bond donors (Lipinski definition) is 1. The van der Waals surface area contributed by atoms with Crippen molar-refractivity contribution in [1.82, 2.24) is 0 Å². The summed E-state index contributed by atoms with van der Waals surface area (Å²) in [7, 11) is -3.66. The number of hydrogen-bond acceptors (Lipinski definition) is 4. The van der Waals surface area contributed by atoms with Crippen molar-refractivity contribution < 1.29 is 17.5 Å². The van der Waals surface area contributed by atoms with Crippen LogP contribution in [0, 0.1) is 12.7 Å². The van der Waals surface area contributed by atoms with Crippen molar-refractivity contribution in [3.8, 4) is 0 Å². The van der Waals surface area contributed by atoms with Crippen molar-refractivity contribution in [2.75, 3.05) is 13.2 Å². The van der Waals surface area contributed by atoms with Gasteiger partial charge in [0.25, 0.3) is 0 Å². The summed E-state index contributed by atoms with van der Waals surface area (Å²) in [6, 6.07) is 12.7. The summed E-state index contributed by atoms with van der Waals surface area (Å²) in [4.78, 5) is 0.230. The number of ether oxygens (including phenoxy) is 1. The Morgan fingerprint density at radius 1 is 1.20 bits per heavy atom.